The van der Waals surface area contributed by atoms with Crippen LogP contribution in [0.3, 0.4) is 0 Å². The molecular formula is C13H15ClN4O5S. The molecule has 0 aliphatic heterocycles. The van der Waals surface area contributed by atoms with E-state index < -0.39 is 15.8 Å². The van der Waals surface area contributed by atoms with Crippen LogP contribution in [-0.4, -0.2) is 54.1 Å². The molecule has 0 aliphatic rings. The highest BCUT2D eigenvalue weighted by Gasteiger charge is 2.23. The van der Waals surface area contributed by atoms with E-state index in [2.05, 4.69) is 15.4 Å². The summed E-state index contributed by atoms with van der Waals surface area (Å²) in [5, 5.41) is 10.9. The lowest BCUT2D eigenvalue weighted by Gasteiger charge is -2.14. The first-order valence-corrected chi connectivity index (χ1v) is 9.14. The van der Waals surface area contributed by atoms with Crippen LogP contribution in [0.1, 0.15) is 17.3 Å². The Morgan fingerprint density at radius 3 is 2.71 bits per heavy atom. The van der Waals surface area contributed by atoms with Crippen LogP contribution in [0.5, 0.6) is 5.75 Å². The summed E-state index contributed by atoms with van der Waals surface area (Å²) >= 11 is 6.17. The van der Waals surface area contributed by atoms with Gasteiger partial charge in [-0.3, -0.25) is 0 Å². The number of sulfone groups is 1. The van der Waals surface area contributed by atoms with E-state index in [0.29, 0.717) is 0 Å². The fraction of sp³-hybridized carbons (Fsp3) is 0.385. The van der Waals surface area contributed by atoms with E-state index in [0.717, 1.165) is 6.26 Å². The molecule has 0 aliphatic carbocycles. The molecule has 0 atom stereocenters. The number of hydrogen-bond acceptors (Lipinski definition) is 8. The zero-order valence-electron chi connectivity index (χ0n) is 13.0. The van der Waals surface area contributed by atoms with Gasteiger partial charge in [0, 0.05) is 6.26 Å². The maximum atomic E-state index is 11.9. The third-order valence-corrected chi connectivity index (χ3v) is 4.38. The fourth-order valence-corrected chi connectivity index (χ4v) is 3.02. The first-order chi connectivity index (χ1) is 11.3. The molecule has 130 valence electrons. The Balaban J connectivity index is 2.33. The molecule has 1 heterocycles. The van der Waals surface area contributed by atoms with Crippen molar-refractivity contribution < 1.29 is 22.7 Å². The number of benzene rings is 1. The van der Waals surface area contributed by atoms with Gasteiger partial charge in [-0.15, -0.1) is 10.2 Å². The number of carbonyl (C=O) groups is 1. The van der Waals surface area contributed by atoms with Crippen molar-refractivity contribution in [3.8, 4) is 5.75 Å². The first kappa shape index (κ1) is 18.1. The molecule has 0 fully saturated rings. The minimum atomic E-state index is -3.61. The van der Waals surface area contributed by atoms with Gasteiger partial charge in [-0.2, -0.15) is 4.80 Å². The van der Waals surface area contributed by atoms with Gasteiger partial charge in [0.25, 0.3) is 0 Å². The van der Waals surface area contributed by atoms with Crippen LogP contribution in [0.4, 0.5) is 0 Å². The molecule has 2 aromatic rings. The van der Waals surface area contributed by atoms with Gasteiger partial charge >= 0.3 is 5.97 Å². The molecule has 0 amide bonds. The molecule has 0 bridgehead atoms. The maximum Gasteiger partial charge on any atom is 0.339 e. The van der Waals surface area contributed by atoms with E-state index in [4.69, 9.17) is 21.1 Å². The summed E-state index contributed by atoms with van der Waals surface area (Å²) < 4.78 is 34.2. The van der Waals surface area contributed by atoms with Gasteiger partial charge < -0.3 is 9.47 Å². The summed E-state index contributed by atoms with van der Waals surface area (Å²) in [4.78, 5) is 13.0. The molecule has 1 aromatic heterocycles. The third kappa shape index (κ3) is 4.20. The molecule has 24 heavy (non-hydrogen) atoms. The van der Waals surface area contributed by atoms with Crippen molar-refractivity contribution in [2.24, 2.45) is 0 Å². The fourth-order valence-electron chi connectivity index (χ4n) is 1.85. The minimum Gasteiger partial charge on any atom is -0.489 e. The number of esters is 1. The maximum absolute atomic E-state index is 11.9. The quantitative estimate of drug-likeness (QED) is 0.659. The van der Waals surface area contributed by atoms with Gasteiger partial charge in [-0.05, 0) is 24.3 Å². The summed E-state index contributed by atoms with van der Waals surface area (Å²) in [6.45, 7) is 2.07. The second kappa shape index (κ2) is 7.58. The predicted molar refractivity (Wildman–Crippen MR) is 83.8 cm³/mol. The van der Waals surface area contributed by atoms with Crippen LogP contribution < -0.4 is 4.74 Å². The van der Waals surface area contributed by atoms with Crippen molar-refractivity contribution in [1.82, 2.24) is 20.2 Å². The standard InChI is InChI=1S/C13H15ClN4O5S/c1-3-22-13(19)9-4-5-10(24(2,20)21)12(11(9)14)23-7-6-18-16-8-15-17-18/h4-5,8H,3,6-7H2,1-2H3. The Labute approximate surface area is 143 Å². The largest absolute Gasteiger partial charge is 0.489 e. The van der Waals surface area contributed by atoms with Crippen LogP contribution in [-0.2, 0) is 21.1 Å². The second-order valence-corrected chi connectivity index (χ2v) is 6.99. The van der Waals surface area contributed by atoms with Gasteiger partial charge in [0.1, 0.15) is 11.5 Å². The number of hydrogen-bond donors (Lipinski definition) is 0. The van der Waals surface area contributed by atoms with Crippen molar-refractivity contribution >= 4 is 27.4 Å². The average molecular weight is 375 g/mol. The highest BCUT2D eigenvalue weighted by atomic mass is 35.5. The highest BCUT2D eigenvalue weighted by molar-refractivity contribution is 7.90. The number of tetrazole rings is 1. The number of rotatable bonds is 7. The predicted octanol–water partition coefficient (Wildman–Crippen LogP) is 0.986. The summed E-state index contributed by atoms with van der Waals surface area (Å²) in [5.41, 5.74) is 0.0276. The summed E-state index contributed by atoms with van der Waals surface area (Å²) in [7, 11) is -3.61. The van der Waals surface area contributed by atoms with Gasteiger partial charge in [-0.1, -0.05) is 11.6 Å². The molecule has 0 saturated heterocycles. The van der Waals surface area contributed by atoms with Crippen molar-refractivity contribution in [3.63, 3.8) is 0 Å². The SMILES string of the molecule is CCOC(=O)c1ccc(S(C)(=O)=O)c(OCCn2ncnn2)c1Cl. The number of aromatic nitrogens is 4. The van der Waals surface area contributed by atoms with E-state index in [1.165, 1.54) is 23.3 Å². The molecule has 0 N–H and O–H groups in total. The Morgan fingerprint density at radius 1 is 1.38 bits per heavy atom. The topological polar surface area (TPSA) is 113 Å². The van der Waals surface area contributed by atoms with Crippen molar-refractivity contribution in [1.29, 1.82) is 0 Å². The van der Waals surface area contributed by atoms with Gasteiger partial charge in [0.15, 0.2) is 21.9 Å². The smallest absolute Gasteiger partial charge is 0.339 e. The minimum absolute atomic E-state index is 0.0276. The molecule has 0 saturated carbocycles. The molecule has 2 rings (SSSR count). The third-order valence-electron chi connectivity index (χ3n) is 2.88. The van der Waals surface area contributed by atoms with Crippen molar-refractivity contribution in [2.45, 2.75) is 18.4 Å². The van der Waals surface area contributed by atoms with Crippen LogP contribution in [0.2, 0.25) is 5.02 Å². The lowest BCUT2D eigenvalue weighted by molar-refractivity contribution is 0.0526. The normalized spacial score (nSPS) is 11.3. The van der Waals surface area contributed by atoms with E-state index in [9.17, 15) is 13.2 Å². The summed E-state index contributed by atoms with van der Waals surface area (Å²) in [6.07, 6.45) is 2.28. The zero-order chi connectivity index (χ0) is 17.7. The van der Waals surface area contributed by atoms with E-state index in [1.807, 2.05) is 0 Å². The molecule has 1 aromatic carbocycles. The van der Waals surface area contributed by atoms with Crippen LogP contribution in [0.25, 0.3) is 0 Å². The lowest BCUT2D eigenvalue weighted by Crippen LogP contribution is -2.14. The highest BCUT2D eigenvalue weighted by Crippen LogP contribution is 2.35. The van der Waals surface area contributed by atoms with Crippen molar-refractivity contribution in [2.75, 3.05) is 19.5 Å². The summed E-state index contributed by atoms with van der Waals surface area (Å²) in [6, 6.07) is 2.55. The van der Waals surface area contributed by atoms with Crippen molar-refractivity contribution in [3.05, 3.63) is 29.0 Å². The monoisotopic (exact) mass is 374 g/mol. The molecule has 0 radical (unpaired) electrons. The summed E-state index contributed by atoms with van der Waals surface area (Å²) in [5.74, 6) is -0.768. The molecule has 11 heteroatoms. The number of carbonyl (C=O) groups excluding carboxylic acids is 1. The zero-order valence-corrected chi connectivity index (χ0v) is 14.5. The number of ether oxygens (including phenoxy) is 2. The lowest BCUT2D eigenvalue weighted by atomic mass is 10.2. The second-order valence-electron chi connectivity index (χ2n) is 4.63. The molecule has 0 spiro atoms. The van der Waals surface area contributed by atoms with E-state index in [1.54, 1.807) is 6.92 Å². The first-order valence-electron chi connectivity index (χ1n) is 6.87. The Kier molecular flexibility index (Phi) is 5.73. The molecular weight excluding hydrogens is 360 g/mol. The van der Waals surface area contributed by atoms with Gasteiger partial charge in [-0.25, -0.2) is 13.2 Å². The Morgan fingerprint density at radius 2 is 2.12 bits per heavy atom. The molecule has 0 unspecified atom stereocenters. The Hall–Kier alpha value is -2.20. The van der Waals surface area contributed by atoms with E-state index in [-0.39, 0.29) is 41.0 Å². The Bertz CT molecular complexity index is 823. The van der Waals surface area contributed by atoms with Crippen LogP contribution >= 0.6 is 11.6 Å². The van der Waals surface area contributed by atoms with Gasteiger partial charge in [0.2, 0.25) is 0 Å². The van der Waals surface area contributed by atoms with Crippen LogP contribution in [0.15, 0.2) is 23.4 Å². The number of halogens is 1. The average Bonchev–Trinajstić information content (AvgIpc) is 3.01. The number of nitrogens with zero attached hydrogens (tertiary/aromatic N) is 4. The van der Waals surface area contributed by atoms with E-state index >= 15 is 0 Å². The van der Waals surface area contributed by atoms with Crippen LogP contribution in [0, 0.1) is 0 Å². The van der Waals surface area contributed by atoms with Gasteiger partial charge in [0.05, 0.1) is 23.7 Å². The molecule has 9 nitrogen and oxygen atoms in total.